The van der Waals surface area contributed by atoms with Crippen LogP contribution in [0.2, 0.25) is 0 Å². The molecule has 0 bridgehead atoms. The second-order valence-electron chi connectivity index (χ2n) is 4.67. The molecule has 0 aliphatic carbocycles. The van der Waals surface area contributed by atoms with Crippen LogP contribution < -0.4 is 5.73 Å². The van der Waals surface area contributed by atoms with Crippen LogP contribution in [0, 0.1) is 0 Å². The van der Waals surface area contributed by atoms with E-state index in [9.17, 15) is 13.2 Å². The van der Waals surface area contributed by atoms with Gasteiger partial charge in [-0.25, -0.2) is 0 Å². The predicted molar refractivity (Wildman–Crippen MR) is 67.1 cm³/mol. The van der Waals surface area contributed by atoms with E-state index in [4.69, 9.17) is 5.73 Å². The quantitative estimate of drug-likeness (QED) is 0.822. The minimum Gasteiger partial charge on any atom is -0.399 e. The molecule has 1 aromatic carbocycles. The molecule has 18 heavy (non-hydrogen) atoms. The van der Waals surface area contributed by atoms with Gasteiger partial charge in [0.05, 0.1) is 6.42 Å². The number of rotatable bonds is 5. The van der Waals surface area contributed by atoms with E-state index in [0.717, 1.165) is 5.56 Å². The molecule has 0 aromatic heterocycles. The summed E-state index contributed by atoms with van der Waals surface area (Å²) in [6.45, 7) is 4.32. The molecule has 0 unspecified atom stereocenters. The van der Waals surface area contributed by atoms with E-state index in [0.29, 0.717) is 12.2 Å². The number of hydrogen-bond acceptors (Lipinski definition) is 2. The van der Waals surface area contributed by atoms with Gasteiger partial charge in [-0.2, -0.15) is 13.2 Å². The van der Waals surface area contributed by atoms with Crippen molar-refractivity contribution in [3.63, 3.8) is 0 Å². The van der Waals surface area contributed by atoms with Crippen molar-refractivity contribution >= 4 is 5.69 Å². The topological polar surface area (TPSA) is 29.3 Å². The van der Waals surface area contributed by atoms with Gasteiger partial charge in [0.15, 0.2) is 0 Å². The van der Waals surface area contributed by atoms with Crippen molar-refractivity contribution in [1.29, 1.82) is 0 Å². The molecular formula is C13H19F3N2. The van der Waals surface area contributed by atoms with Crippen LogP contribution in [0.4, 0.5) is 18.9 Å². The second kappa shape index (κ2) is 6.09. The Labute approximate surface area is 106 Å². The van der Waals surface area contributed by atoms with Gasteiger partial charge in [-0.1, -0.05) is 12.1 Å². The van der Waals surface area contributed by atoms with Crippen LogP contribution in [0.15, 0.2) is 24.3 Å². The molecule has 0 spiro atoms. The van der Waals surface area contributed by atoms with Gasteiger partial charge < -0.3 is 5.73 Å². The maximum Gasteiger partial charge on any atom is 0.390 e. The van der Waals surface area contributed by atoms with Crippen LogP contribution >= 0.6 is 0 Å². The molecule has 0 aliphatic rings. The lowest BCUT2D eigenvalue weighted by molar-refractivity contribution is -0.139. The standard InChI is InChI=1S/C13H19F3N2/c1-10(2)18(8-7-13(14,15)16)9-11-3-5-12(17)6-4-11/h3-6,10H,7-9,17H2,1-2H3. The van der Waals surface area contributed by atoms with Crippen LogP contribution in [-0.2, 0) is 6.54 Å². The lowest BCUT2D eigenvalue weighted by Crippen LogP contribution is -2.33. The number of alkyl halides is 3. The second-order valence-corrected chi connectivity index (χ2v) is 4.67. The van der Waals surface area contributed by atoms with Gasteiger partial charge in [0.2, 0.25) is 0 Å². The average Bonchev–Trinajstić information content (AvgIpc) is 2.25. The summed E-state index contributed by atoms with van der Waals surface area (Å²) in [5, 5.41) is 0. The highest BCUT2D eigenvalue weighted by Crippen LogP contribution is 2.21. The molecule has 1 rings (SSSR count). The largest absolute Gasteiger partial charge is 0.399 e. The molecule has 0 aliphatic heterocycles. The molecule has 0 radical (unpaired) electrons. The van der Waals surface area contributed by atoms with Gasteiger partial charge in [-0.05, 0) is 31.5 Å². The van der Waals surface area contributed by atoms with Crippen LogP contribution in [0.5, 0.6) is 0 Å². The number of benzene rings is 1. The smallest absolute Gasteiger partial charge is 0.390 e. The number of nitrogens with zero attached hydrogens (tertiary/aromatic N) is 1. The Morgan fingerprint density at radius 1 is 1.17 bits per heavy atom. The fraction of sp³-hybridized carbons (Fsp3) is 0.538. The molecule has 0 amide bonds. The van der Waals surface area contributed by atoms with E-state index < -0.39 is 12.6 Å². The molecule has 0 fully saturated rings. The van der Waals surface area contributed by atoms with E-state index in [-0.39, 0.29) is 12.6 Å². The van der Waals surface area contributed by atoms with Crippen molar-refractivity contribution in [1.82, 2.24) is 4.90 Å². The van der Waals surface area contributed by atoms with Gasteiger partial charge in [-0.3, -0.25) is 4.90 Å². The van der Waals surface area contributed by atoms with Gasteiger partial charge in [0.25, 0.3) is 0 Å². The Hall–Kier alpha value is -1.23. The summed E-state index contributed by atoms with van der Waals surface area (Å²) in [7, 11) is 0. The van der Waals surface area contributed by atoms with Crippen molar-refractivity contribution < 1.29 is 13.2 Å². The monoisotopic (exact) mass is 260 g/mol. The molecule has 2 nitrogen and oxygen atoms in total. The summed E-state index contributed by atoms with van der Waals surface area (Å²) in [6.07, 6.45) is -4.88. The van der Waals surface area contributed by atoms with Crippen LogP contribution in [0.25, 0.3) is 0 Å². The molecule has 0 heterocycles. The Balaban J connectivity index is 2.60. The molecule has 0 saturated heterocycles. The highest BCUT2D eigenvalue weighted by atomic mass is 19.4. The maximum atomic E-state index is 12.2. The molecule has 102 valence electrons. The summed E-state index contributed by atoms with van der Waals surface area (Å²) < 4.78 is 36.7. The van der Waals surface area contributed by atoms with E-state index in [1.54, 1.807) is 17.0 Å². The molecule has 2 N–H and O–H groups in total. The third-order valence-electron chi connectivity index (χ3n) is 2.78. The summed E-state index contributed by atoms with van der Waals surface area (Å²) in [5.74, 6) is 0. The summed E-state index contributed by atoms with van der Waals surface area (Å²) in [6, 6.07) is 7.29. The molecule has 1 aromatic rings. The Morgan fingerprint density at radius 3 is 2.17 bits per heavy atom. The fourth-order valence-corrected chi connectivity index (χ4v) is 1.65. The number of anilines is 1. The summed E-state index contributed by atoms with van der Waals surface area (Å²) >= 11 is 0. The van der Waals surface area contributed by atoms with E-state index in [2.05, 4.69) is 0 Å². The third-order valence-corrected chi connectivity index (χ3v) is 2.78. The first-order chi connectivity index (χ1) is 8.28. The first kappa shape index (κ1) is 14.8. The van der Waals surface area contributed by atoms with E-state index in [1.807, 2.05) is 26.0 Å². The minimum atomic E-state index is -4.10. The Morgan fingerprint density at radius 2 is 1.72 bits per heavy atom. The zero-order valence-electron chi connectivity index (χ0n) is 10.7. The average molecular weight is 260 g/mol. The van der Waals surface area contributed by atoms with Crippen LogP contribution in [0.3, 0.4) is 0 Å². The van der Waals surface area contributed by atoms with Crippen LogP contribution in [-0.4, -0.2) is 23.7 Å². The molecule has 5 heteroatoms. The number of halogens is 3. The third kappa shape index (κ3) is 5.40. The number of nitrogens with two attached hydrogens (primary N) is 1. The first-order valence-corrected chi connectivity index (χ1v) is 5.93. The molecular weight excluding hydrogens is 241 g/mol. The SMILES string of the molecule is CC(C)N(CCC(F)(F)F)Cc1ccc(N)cc1. The summed E-state index contributed by atoms with van der Waals surface area (Å²) in [4.78, 5) is 1.80. The van der Waals surface area contributed by atoms with Crippen molar-refractivity contribution in [2.24, 2.45) is 0 Å². The zero-order valence-corrected chi connectivity index (χ0v) is 10.7. The predicted octanol–water partition coefficient (Wildman–Crippen LogP) is 3.43. The first-order valence-electron chi connectivity index (χ1n) is 5.93. The lowest BCUT2D eigenvalue weighted by atomic mass is 10.1. The normalized spacial score (nSPS) is 12.4. The number of nitrogen functional groups attached to an aromatic ring is 1. The maximum absolute atomic E-state index is 12.2. The van der Waals surface area contributed by atoms with Gasteiger partial charge in [-0.15, -0.1) is 0 Å². The molecule has 0 saturated carbocycles. The van der Waals surface area contributed by atoms with Gasteiger partial charge in [0, 0.05) is 24.8 Å². The van der Waals surface area contributed by atoms with E-state index in [1.165, 1.54) is 0 Å². The Bertz CT molecular complexity index is 357. The minimum absolute atomic E-state index is 0.0194. The Kier molecular flexibility index (Phi) is 5.02. The lowest BCUT2D eigenvalue weighted by Gasteiger charge is -2.27. The van der Waals surface area contributed by atoms with Gasteiger partial charge in [0.1, 0.15) is 0 Å². The highest BCUT2D eigenvalue weighted by Gasteiger charge is 2.28. The summed E-state index contributed by atoms with van der Waals surface area (Å²) in [5.41, 5.74) is 7.20. The van der Waals surface area contributed by atoms with Crippen molar-refractivity contribution in [2.45, 2.75) is 39.0 Å². The fourth-order valence-electron chi connectivity index (χ4n) is 1.65. The van der Waals surface area contributed by atoms with Crippen molar-refractivity contribution in [2.75, 3.05) is 12.3 Å². The van der Waals surface area contributed by atoms with Crippen molar-refractivity contribution in [3.8, 4) is 0 Å². The zero-order chi connectivity index (χ0) is 13.8. The van der Waals surface area contributed by atoms with E-state index >= 15 is 0 Å². The number of hydrogen-bond donors (Lipinski definition) is 1. The highest BCUT2D eigenvalue weighted by molar-refractivity contribution is 5.39. The van der Waals surface area contributed by atoms with Crippen molar-refractivity contribution in [3.05, 3.63) is 29.8 Å². The van der Waals surface area contributed by atoms with Crippen LogP contribution in [0.1, 0.15) is 25.8 Å². The molecule has 0 atom stereocenters. The van der Waals surface area contributed by atoms with Gasteiger partial charge >= 0.3 is 6.18 Å².